The van der Waals surface area contributed by atoms with Crippen molar-refractivity contribution in [3.63, 3.8) is 0 Å². The van der Waals surface area contributed by atoms with Gasteiger partial charge in [-0.1, -0.05) is 24.6 Å². The maximum absolute atomic E-state index is 12.6. The van der Waals surface area contributed by atoms with Crippen LogP contribution in [0, 0.1) is 5.92 Å². The first kappa shape index (κ1) is 15.4. The van der Waals surface area contributed by atoms with Gasteiger partial charge in [-0.3, -0.25) is 4.79 Å². The Morgan fingerprint density at radius 1 is 1.18 bits per heavy atom. The number of anilines is 2. The number of thioether (sulfide) groups is 1. The Kier molecular flexibility index (Phi) is 4.71. The van der Waals surface area contributed by atoms with Gasteiger partial charge in [0.25, 0.3) is 0 Å². The van der Waals surface area contributed by atoms with Crippen molar-refractivity contribution in [1.82, 2.24) is 14.9 Å². The molecule has 2 aliphatic rings. The number of amides is 1. The molecule has 4 N–H and O–H groups in total. The van der Waals surface area contributed by atoms with Crippen molar-refractivity contribution in [2.75, 3.05) is 23.8 Å². The normalized spacial score (nSPS) is 24.8. The van der Waals surface area contributed by atoms with Crippen LogP contribution in [-0.2, 0) is 4.79 Å². The fourth-order valence-electron chi connectivity index (χ4n) is 3.67. The number of nitrogens with two attached hydrogens (primary N) is 2. The molecule has 3 rings (SSSR count). The van der Waals surface area contributed by atoms with Gasteiger partial charge in [0.15, 0.2) is 5.16 Å². The lowest BCUT2D eigenvalue weighted by molar-refractivity contribution is -0.134. The molecular formula is C15H23N5OS. The van der Waals surface area contributed by atoms with Gasteiger partial charge in [0.05, 0.1) is 5.75 Å². The van der Waals surface area contributed by atoms with E-state index in [0.29, 0.717) is 34.5 Å². The third-order valence-electron chi connectivity index (χ3n) is 4.63. The van der Waals surface area contributed by atoms with Crippen molar-refractivity contribution in [3.8, 4) is 0 Å². The second kappa shape index (κ2) is 6.73. The summed E-state index contributed by atoms with van der Waals surface area (Å²) in [4.78, 5) is 22.9. The number of aromatic nitrogens is 2. The first-order valence-electron chi connectivity index (χ1n) is 7.96. The molecule has 1 amide bonds. The van der Waals surface area contributed by atoms with Crippen LogP contribution in [0.3, 0.4) is 0 Å². The molecular weight excluding hydrogens is 298 g/mol. The van der Waals surface area contributed by atoms with E-state index in [1.54, 1.807) is 0 Å². The monoisotopic (exact) mass is 321 g/mol. The van der Waals surface area contributed by atoms with Gasteiger partial charge >= 0.3 is 0 Å². The summed E-state index contributed by atoms with van der Waals surface area (Å²) in [6, 6.07) is 1.96. The highest BCUT2D eigenvalue weighted by atomic mass is 32.2. The molecule has 0 unspecified atom stereocenters. The smallest absolute Gasteiger partial charge is 0.233 e. The van der Waals surface area contributed by atoms with Crippen LogP contribution >= 0.6 is 11.8 Å². The van der Waals surface area contributed by atoms with Gasteiger partial charge < -0.3 is 16.4 Å². The van der Waals surface area contributed by atoms with Gasteiger partial charge in [0.2, 0.25) is 5.91 Å². The van der Waals surface area contributed by atoms with E-state index >= 15 is 0 Å². The number of hydrogen-bond acceptors (Lipinski definition) is 6. The fourth-order valence-corrected chi connectivity index (χ4v) is 4.43. The highest BCUT2D eigenvalue weighted by Gasteiger charge is 2.35. The van der Waals surface area contributed by atoms with Crippen molar-refractivity contribution < 1.29 is 4.79 Å². The van der Waals surface area contributed by atoms with E-state index in [1.807, 2.05) is 0 Å². The van der Waals surface area contributed by atoms with Crippen LogP contribution in [0.1, 0.15) is 38.5 Å². The lowest BCUT2D eigenvalue weighted by Gasteiger charge is -2.44. The maximum Gasteiger partial charge on any atom is 0.233 e. The molecule has 2 fully saturated rings. The first-order valence-corrected chi connectivity index (χ1v) is 8.94. The summed E-state index contributed by atoms with van der Waals surface area (Å²) in [5, 5.41) is 0.475. The molecule has 0 aromatic carbocycles. The van der Waals surface area contributed by atoms with Crippen molar-refractivity contribution >= 4 is 29.3 Å². The van der Waals surface area contributed by atoms with E-state index in [0.717, 1.165) is 19.4 Å². The lowest BCUT2D eigenvalue weighted by Crippen LogP contribution is -2.50. The molecule has 1 saturated carbocycles. The molecule has 7 heteroatoms. The minimum atomic E-state index is 0.186. The zero-order chi connectivity index (χ0) is 15.5. The van der Waals surface area contributed by atoms with Crippen LogP contribution in [0.2, 0.25) is 0 Å². The number of nitrogen functional groups attached to an aromatic ring is 2. The summed E-state index contributed by atoms with van der Waals surface area (Å²) in [7, 11) is 0. The second-order valence-corrected chi connectivity index (χ2v) is 7.07. The molecule has 1 aliphatic carbocycles. The summed E-state index contributed by atoms with van der Waals surface area (Å²) in [5.74, 6) is 1.92. The minimum Gasteiger partial charge on any atom is -0.383 e. The van der Waals surface area contributed by atoms with Gasteiger partial charge in [-0.25, -0.2) is 9.97 Å². The van der Waals surface area contributed by atoms with E-state index in [9.17, 15) is 4.79 Å². The molecule has 1 aromatic heterocycles. The number of fused-ring (bicyclic) bond motifs is 1. The van der Waals surface area contributed by atoms with Crippen molar-refractivity contribution in [1.29, 1.82) is 0 Å². The Hall–Kier alpha value is -1.50. The first-order chi connectivity index (χ1) is 10.6. The molecule has 1 aromatic rings. The minimum absolute atomic E-state index is 0.186. The standard InChI is InChI=1S/C15H23N5OS/c16-12-8-13(17)19-15(18-12)22-9-14(21)20-7-3-5-10-4-1-2-6-11(10)20/h8,10-11H,1-7,9H2,(H4,16,17,18,19)/t10-,11-/m1/s1. The lowest BCUT2D eigenvalue weighted by atomic mass is 9.78. The Morgan fingerprint density at radius 2 is 1.86 bits per heavy atom. The van der Waals surface area contributed by atoms with E-state index in [2.05, 4.69) is 14.9 Å². The molecule has 120 valence electrons. The number of carbonyl (C=O) groups is 1. The van der Waals surface area contributed by atoms with E-state index in [-0.39, 0.29) is 5.91 Å². The number of nitrogens with zero attached hydrogens (tertiary/aromatic N) is 3. The van der Waals surface area contributed by atoms with E-state index in [4.69, 9.17) is 11.5 Å². The van der Waals surface area contributed by atoms with E-state index < -0.39 is 0 Å². The van der Waals surface area contributed by atoms with Gasteiger partial charge in [0, 0.05) is 18.7 Å². The molecule has 6 nitrogen and oxygen atoms in total. The molecule has 2 heterocycles. The van der Waals surface area contributed by atoms with Crippen molar-refractivity contribution in [3.05, 3.63) is 6.07 Å². The summed E-state index contributed by atoms with van der Waals surface area (Å²) in [6.45, 7) is 0.889. The summed E-state index contributed by atoms with van der Waals surface area (Å²) >= 11 is 1.32. The summed E-state index contributed by atoms with van der Waals surface area (Å²) in [5.41, 5.74) is 11.3. The fraction of sp³-hybridized carbons (Fsp3) is 0.667. The Bertz CT molecular complexity index is 530. The highest BCUT2D eigenvalue weighted by molar-refractivity contribution is 7.99. The average molecular weight is 321 g/mol. The van der Waals surface area contributed by atoms with Crippen LogP contribution in [0.25, 0.3) is 0 Å². The molecule has 1 saturated heterocycles. The Morgan fingerprint density at radius 3 is 2.64 bits per heavy atom. The van der Waals surface area contributed by atoms with Crippen LogP contribution in [-0.4, -0.2) is 39.1 Å². The molecule has 22 heavy (non-hydrogen) atoms. The predicted molar refractivity (Wildman–Crippen MR) is 88.3 cm³/mol. The molecule has 0 radical (unpaired) electrons. The third kappa shape index (κ3) is 3.45. The second-order valence-electron chi connectivity index (χ2n) is 6.13. The van der Waals surface area contributed by atoms with Gasteiger partial charge in [-0.15, -0.1) is 0 Å². The number of carbonyl (C=O) groups excluding carboxylic acids is 1. The average Bonchev–Trinajstić information content (AvgIpc) is 2.51. The summed E-state index contributed by atoms with van der Waals surface area (Å²) < 4.78 is 0. The van der Waals surface area contributed by atoms with Gasteiger partial charge in [-0.05, 0) is 31.6 Å². The van der Waals surface area contributed by atoms with Crippen LogP contribution in [0.4, 0.5) is 11.6 Å². The molecule has 1 aliphatic heterocycles. The molecule has 0 spiro atoms. The Labute approximate surface area is 135 Å². The zero-order valence-corrected chi connectivity index (χ0v) is 13.5. The molecule has 0 bridgehead atoms. The number of hydrogen-bond donors (Lipinski definition) is 2. The third-order valence-corrected chi connectivity index (χ3v) is 5.47. The highest BCUT2D eigenvalue weighted by Crippen LogP contribution is 2.35. The Balaban J connectivity index is 1.61. The zero-order valence-electron chi connectivity index (χ0n) is 12.7. The number of rotatable bonds is 3. The molecule has 2 atom stereocenters. The van der Waals surface area contributed by atoms with Crippen molar-refractivity contribution in [2.45, 2.75) is 49.7 Å². The van der Waals surface area contributed by atoms with Crippen LogP contribution in [0.15, 0.2) is 11.2 Å². The SMILES string of the molecule is Nc1cc(N)nc(SCC(=O)N2CCC[C@H]3CCCC[C@H]32)n1. The van der Waals surface area contributed by atoms with Gasteiger partial charge in [0.1, 0.15) is 11.6 Å². The predicted octanol–water partition coefficient (Wildman–Crippen LogP) is 1.91. The largest absolute Gasteiger partial charge is 0.383 e. The van der Waals surface area contributed by atoms with Crippen LogP contribution < -0.4 is 11.5 Å². The van der Waals surface area contributed by atoms with E-state index in [1.165, 1.54) is 43.5 Å². The summed E-state index contributed by atoms with van der Waals surface area (Å²) in [6.07, 6.45) is 7.39. The maximum atomic E-state index is 12.6. The topological polar surface area (TPSA) is 98.1 Å². The number of likely N-dealkylation sites (tertiary alicyclic amines) is 1. The van der Waals surface area contributed by atoms with Crippen LogP contribution in [0.5, 0.6) is 0 Å². The number of piperidine rings is 1. The van der Waals surface area contributed by atoms with Crippen molar-refractivity contribution in [2.24, 2.45) is 5.92 Å². The van der Waals surface area contributed by atoms with Gasteiger partial charge in [-0.2, -0.15) is 0 Å². The quantitative estimate of drug-likeness (QED) is 0.652.